The van der Waals surface area contributed by atoms with Crippen LogP contribution in [0.4, 0.5) is 5.82 Å². The Bertz CT molecular complexity index is 448. The van der Waals surface area contributed by atoms with E-state index in [-0.39, 0.29) is 17.9 Å². The van der Waals surface area contributed by atoms with Crippen molar-refractivity contribution < 1.29 is 9.84 Å². The van der Waals surface area contributed by atoms with Crippen molar-refractivity contribution in [3.63, 3.8) is 0 Å². The Kier molecular flexibility index (Phi) is 3.74. The number of nitrogens with zero attached hydrogens (tertiary/aromatic N) is 4. The van der Waals surface area contributed by atoms with Gasteiger partial charge in [-0.3, -0.25) is 0 Å². The van der Waals surface area contributed by atoms with Crippen LogP contribution in [0.15, 0.2) is 6.07 Å². The highest BCUT2D eigenvalue weighted by atomic mass is 35.5. The van der Waals surface area contributed by atoms with Crippen LogP contribution < -0.4 is 4.90 Å². The van der Waals surface area contributed by atoms with Crippen LogP contribution in [0.3, 0.4) is 0 Å². The maximum absolute atomic E-state index is 9.05. The van der Waals surface area contributed by atoms with Crippen molar-refractivity contribution in [2.45, 2.75) is 6.10 Å². The van der Waals surface area contributed by atoms with Gasteiger partial charge in [0.05, 0.1) is 24.9 Å². The highest BCUT2D eigenvalue weighted by Crippen LogP contribution is 2.20. The number of hydrogen-bond acceptors (Lipinski definition) is 6. The van der Waals surface area contributed by atoms with Gasteiger partial charge in [0.1, 0.15) is 6.07 Å². The van der Waals surface area contributed by atoms with Gasteiger partial charge in [0.25, 0.3) is 0 Å². The van der Waals surface area contributed by atoms with Crippen LogP contribution in [0.1, 0.15) is 5.56 Å². The molecular formula is C10H11ClN4O2. The molecule has 0 spiro atoms. The molecule has 0 saturated carbocycles. The Morgan fingerprint density at radius 1 is 1.65 bits per heavy atom. The predicted octanol–water partition coefficient (Wildman–Crippen LogP) is 0.199. The summed E-state index contributed by atoms with van der Waals surface area (Å²) in [5, 5.41) is 25.9. The van der Waals surface area contributed by atoms with Crippen LogP contribution in [-0.4, -0.2) is 47.7 Å². The fraction of sp³-hybridized carbons (Fsp3) is 0.500. The molecule has 1 N–H and O–H groups in total. The lowest BCUT2D eigenvalue weighted by molar-refractivity contribution is 0.00331. The van der Waals surface area contributed by atoms with Gasteiger partial charge in [-0.1, -0.05) is 11.6 Å². The van der Waals surface area contributed by atoms with Gasteiger partial charge in [0.15, 0.2) is 11.0 Å². The average molecular weight is 255 g/mol. The van der Waals surface area contributed by atoms with Crippen LogP contribution in [0.25, 0.3) is 0 Å². The summed E-state index contributed by atoms with van der Waals surface area (Å²) in [6.07, 6.45) is -0.257. The Balaban J connectivity index is 2.24. The molecule has 2 rings (SSSR count). The predicted molar refractivity (Wildman–Crippen MR) is 60.8 cm³/mol. The summed E-state index contributed by atoms with van der Waals surface area (Å²) >= 11 is 5.68. The molecule has 0 amide bonds. The van der Waals surface area contributed by atoms with Crippen LogP contribution in [0.2, 0.25) is 5.15 Å². The van der Waals surface area contributed by atoms with Crippen molar-refractivity contribution in [3.8, 4) is 6.07 Å². The highest BCUT2D eigenvalue weighted by molar-refractivity contribution is 6.29. The minimum Gasteiger partial charge on any atom is -0.394 e. The number of aromatic nitrogens is 2. The number of halogens is 1. The van der Waals surface area contributed by atoms with E-state index in [0.29, 0.717) is 31.1 Å². The van der Waals surface area contributed by atoms with Gasteiger partial charge in [-0.25, -0.2) is 0 Å². The van der Waals surface area contributed by atoms with Crippen molar-refractivity contribution in [2.75, 3.05) is 31.2 Å². The Morgan fingerprint density at radius 3 is 3.18 bits per heavy atom. The second-order valence-corrected chi connectivity index (χ2v) is 4.02. The van der Waals surface area contributed by atoms with Gasteiger partial charge in [0, 0.05) is 13.1 Å². The van der Waals surface area contributed by atoms with Crippen LogP contribution >= 0.6 is 11.6 Å². The van der Waals surface area contributed by atoms with E-state index in [1.165, 1.54) is 6.07 Å². The fourth-order valence-corrected chi connectivity index (χ4v) is 1.85. The molecule has 6 nitrogen and oxygen atoms in total. The molecule has 7 heteroatoms. The first-order valence-corrected chi connectivity index (χ1v) is 5.53. The Hall–Kier alpha value is -1.42. The molecule has 1 aliphatic heterocycles. The Labute approximate surface area is 103 Å². The maximum atomic E-state index is 9.05. The lowest BCUT2D eigenvalue weighted by atomic mass is 10.2. The zero-order chi connectivity index (χ0) is 12.3. The summed E-state index contributed by atoms with van der Waals surface area (Å²) < 4.78 is 5.33. The van der Waals surface area contributed by atoms with E-state index < -0.39 is 0 Å². The second kappa shape index (κ2) is 5.27. The number of aliphatic hydroxyl groups is 1. The first-order valence-electron chi connectivity index (χ1n) is 5.15. The van der Waals surface area contributed by atoms with E-state index >= 15 is 0 Å². The van der Waals surface area contributed by atoms with E-state index in [0.717, 1.165) is 0 Å². The van der Waals surface area contributed by atoms with Crippen molar-refractivity contribution in [1.29, 1.82) is 5.26 Å². The molecule has 90 valence electrons. The van der Waals surface area contributed by atoms with Crippen LogP contribution in [-0.2, 0) is 4.74 Å². The smallest absolute Gasteiger partial charge is 0.169 e. The third-order valence-corrected chi connectivity index (χ3v) is 2.69. The van der Waals surface area contributed by atoms with Crippen molar-refractivity contribution >= 4 is 17.4 Å². The number of nitriles is 1. The zero-order valence-corrected chi connectivity index (χ0v) is 9.76. The van der Waals surface area contributed by atoms with Crippen molar-refractivity contribution in [2.24, 2.45) is 0 Å². The molecule has 1 fully saturated rings. The largest absolute Gasteiger partial charge is 0.394 e. The molecule has 1 atom stereocenters. The highest BCUT2D eigenvalue weighted by Gasteiger charge is 2.23. The minimum atomic E-state index is -0.257. The first-order chi connectivity index (χ1) is 8.24. The normalized spacial score (nSPS) is 20.1. The van der Waals surface area contributed by atoms with Gasteiger partial charge >= 0.3 is 0 Å². The number of morpholine rings is 1. The molecule has 1 aliphatic rings. The molecule has 1 saturated heterocycles. The van der Waals surface area contributed by atoms with Crippen LogP contribution in [0.5, 0.6) is 0 Å². The fourth-order valence-electron chi connectivity index (χ4n) is 1.70. The molecule has 1 aromatic rings. The van der Waals surface area contributed by atoms with E-state index in [9.17, 15) is 0 Å². The molecule has 1 aromatic heterocycles. The summed E-state index contributed by atoms with van der Waals surface area (Å²) in [6.45, 7) is 1.53. The monoisotopic (exact) mass is 254 g/mol. The van der Waals surface area contributed by atoms with Crippen molar-refractivity contribution in [1.82, 2.24) is 10.2 Å². The van der Waals surface area contributed by atoms with Gasteiger partial charge in [0.2, 0.25) is 0 Å². The van der Waals surface area contributed by atoms with Crippen molar-refractivity contribution in [3.05, 3.63) is 16.8 Å². The first kappa shape index (κ1) is 12.0. The number of anilines is 1. The molecule has 0 aliphatic carbocycles. The molecule has 0 radical (unpaired) electrons. The quantitative estimate of drug-likeness (QED) is 0.812. The zero-order valence-electron chi connectivity index (χ0n) is 9.01. The van der Waals surface area contributed by atoms with Gasteiger partial charge < -0.3 is 14.7 Å². The van der Waals surface area contributed by atoms with E-state index in [1.807, 2.05) is 11.0 Å². The third kappa shape index (κ3) is 2.64. The minimum absolute atomic E-state index is 0.0561. The third-order valence-electron chi connectivity index (χ3n) is 2.51. The molecule has 0 unspecified atom stereocenters. The summed E-state index contributed by atoms with van der Waals surface area (Å²) in [6, 6.07) is 3.51. The number of rotatable bonds is 2. The van der Waals surface area contributed by atoms with Crippen LogP contribution in [0, 0.1) is 11.3 Å². The lowest BCUT2D eigenvalue weighted by Gasteiger charge is -2.32. The molecule has 0 aromatic carbocycles. The van der Waals surface area contributed by atoms with E-state index in [4.69, 9.17) is 26.7 Å². The summed E-state index contributed by atoms with van der Waals surface area (Å²) in [4.78, 5) is 1.87. The van der Waals surface area contributed by atoms with E-state index in [1.54, 1.807) is 0 Å². The molecule has 17 heavy (non-hydrogen) atoms. The molecule has 2 heterocycles. The summed E-state index contributed by atoms with van der Waals surface area (Å²) in [5.74, 6) is 0.485. The summed E-state index contributed by atoms with van der Waals surface area (Å²) in [7, 11) is 0. The maximum Gasteiger partial charge on any atom is 0.169 e. The number of aliphatic hydroxyl groups excluding tert-OH is 1. The average Bonchev–Trinajstić information content (AvgIpc) is 2.38. The second-order valence-electron chi connectivity index (χ2n) is 3.64. The molecular weight excluding hydrogens is 244 g/mol. The lowest BCUT2D eigenvalue weighted by Crippen LogP contribution is -2.44. The number of ether oxygens (including phenoxy) is 1. The van der Waals surface area contributed by atoms with E-state index in [2.05, 4.69) is 10.2 Å². The topological polar surface area (TPSA) is 82.3 Å². The summed E-state index contributed by atoms with van der Waals surface area (Å²) in [5.41, 5.74) is 0.378. The Morgan fingerprint density at radius 2 is 2.47 bits per heavy atom. The molecule has 0 bridgehead atoms. The van der Waals surface area contributed by atoms with Gasteiger partial charge in [-0.05, 0) is 6.07 Å². The van der Waals surface area contributed by atoms with Gasteiger partial charge in [-0.15, -0.1) is 10.2 Å². The standard InChI is InChI=1S/C10H11ClN4O2/c11-9-3-7(4-12)10(14-13-9)15-1-2-17-8(5-15)6-16/h3,8,16H,1-2,5-6H2/t8-/m0/s1. The SMILES string of the molecule is N#Cc1cc(Cl)nnc1N1CCO[C@H](CO)C1. The van der Waals surface area contributed by atoms with Gasteiger partial charge in [-0.2, -0.15) is 5.26 Å². The number of hydrogen-bond donors (Lipinski definition) is 1.